The third kappa shape index (κ3) is 3.97. The summed E-state index contributed by atoms with van der Waals surface area (Å²) in [4.78, 5) is 7.09. The summed E-state index contributed by atoms with van der Waals surface area (Å²) < 4.78 is 0. The molecule has 1 saturated heterocycles. The van der Waals surface area contributed by atoms with E-state index in [9.17, 15) is 0 Å². The van der Waals surface area contributed by atoms with Crippen molar-refractivity contribution in [2.45, 2.75) is 31.7 Å². The highest BCUT2D eigenvalue weighted by molar-refractivity contribution is 8.00. The van der Waals surface area contributed by atoms with Crippen LogP contribution in [0.4, 0.5) is 0 Å². The number of hydrogen-bond acceptors (Lipinski definition) is 4. The highest BCUT2D eigenvalue weighted by Crippen LogP contribution is 2.22. The van der Waals surface area contributed by atoms with Crippen LogP contribution in [-0.4, -0.2) is 41.0 Å². The van der Waals surface area contributed by atoms with Gasteiger partial charge in [0.2, 0.25) is 0 Å². The van der Waals surface area contributed by atoms with Gasteiger partial charge >= 0.3 is 0 Å². The van der Waals surface area contributed by atoms with E-state index in [1.807, 2.05) is 13.2 Å². The summed E-state index contributed by atoms with van der Waals surface area (Å²) in [5, 5.41) is 3.95. The maximum absolute atomic E-state index is 4.55. The monoisotopic (exact) mass is 265 g/mol. The Hall–Kier alpha value is -0.580. The molecule has 2 heterocycles. The van der Waals surface area contributed by atoms with Crippen molar-refractivity contribution in [3.05, 3.63) is 29.6 Å². The van der Waals surface area contributed by atoms with Crippen molar-refractivity contribution in [3.8, 4) is 0 Å². The third-order valence-corrected chi connectivity index (χ3v) is 4.70. The second-order valence-electron chi connectivity index (χ2n) is 4.82. The molecule has 1 aliphatic heterocycles. The lowest BCUT2D eigenvalue weighted by Crippen LogP contribution is -2.37. The van der Waals surface area contributed by atoms with E-state index in [-0.39, 0.29) is 0 Å². The lowest BCUT2D eigenvalue weighted by Gasteiger charge is -2.31. The first-order valence-corrected chi connectivity index (χ1v) is 7.79. The molecule has 0 aliphatic carbocycles. The summed E-state index contributed by atoms with van der Waals surface area (Å²) in [5.74, 6) is 1.26. The first-order chi connectivity index (χ1) is 8.81. The van der Waals surface area contributed by atoms with E-state index in [1.165, 1.54) is 36.5 Å². The molecular formula is C14H23N3S. The molecule has 100 valence electrons. The molecule has 4 heteroatoms. The minimum atomic E-state index is 0.808. The molecule has 1 aliphatic rings. The predicted octanol–water partition coefficient (Wildman–Crippen LogP) is 2.13. The van der Waals surface area contributed by atoms with Crippen LogP contribution in [-0.2, 0) is 13.1 Å². The molecule has 1 fully saturated rings. The average Bonchev–Trinajstić information content (AvgIpc) is 2.42. The van der Waals surface area contributed by atoms with Gasteiger partial charge in [0.15, 0.2) is 0 Å². The van der Waals surface area contributed by atoms with Gasteiger partial charge in [-0.05, 0) is 25.1 Å². The number of pyridine rings is 1. The number of nitrogens with one attached hydrogen (secondary N) is 1. The van der Waals surface area contributed by atoms with E-state index in [1.54, 1.807) is 0 Å². The van der Waals surface area contributed by atoms with Gasteiger partial charge in [-0.25, -0.2) is 0 Å². The highest BCUT2D eigenvalue weighted by atomic mass is 32.2. The number of hydrogen-bond donors (Lipinski definition) is 1. The van der Waals surface area contributed by atoms with Gasteiger partial charge in [0, 0.05) is 43.4 Å². The van der Waals surface area contributed by atoms with Crippen molar-refractivity contribution < 1.29 is 0 Å². The average molecular weight is 265 g/mol. The smallest absolute Gasteiger partial charge is 0.0544 e. The van der Waals surface area contributed by atoms with Crippen LogP contribution in [0.2, 0.25) is 0 Å². The fourth-order valence-corrected chi connectivity index (χ4v) is 3.51. The quantitative estimate of drug-likeness (QED) is 0.883. The molecule has 1 aromatic heterocycles. The second kappa shape index (κ2) is 7.12. The Morgan fingerprint density at radius 2 is 2.39 bits per heavy atom. The highest BCUT2D eigenvalue weighted by Gasteiger charge is 2.18. The molecule has 0 radical (unpaired) electrons. The molecule has 3 nitrogen and oxygen atoms in total. The van der Waals surface area contributed by atoms with Crippen LogP contribution in [0.3, 0.4) is 0 Å². The van der Waals surface area contributed by atoms with E-state index in [0.717, 1.165) is 18.3 Å². The fourth-order valence-electron chi connectivity index (χ4n) is 2.26. The normalized spacial score (nSPS) is 21.1. The van der Waals surface area contributed by atoms with E-state index < -0.39 is 0 Å². The van der Waals surface area contributed by atoms with Gasteiger partial charge in [0.25, 0.3) is 0 Å². The van der Waals surface area contributed by atoms with Crippen molar-refractivity contribution in [1.82, 2.24) is 15.2 Å². The lowest BCUT2D eigenvalue weighted by atomic mass is 10.2. The Morgan fingerprint density at radius 1 is 1.50 bits per heavy atom. The molecule has 2 rings (SSSR count). The SMILES string of the molecule is CCC1CN(Cc2ccc(CNC)cn2)CCS1. The van der Waals surface area contributed by atoms with Crippen LogP contribution in [0, 0.1) is 0 Å². The molecule has 1 unspecified atom stereocenters. The minimum Gasteiger partial charge on any atom is -0.316 e. The van der Waals surface area contributed by atoms with Gasteiger partial charge < -0.3 is 5.32 Å². The lowest BCUT2D eigenvalue weighted by molar-refractivity contribution is 0.270. The number of nitrogens with zero attached hydrogens (tertiary/aromatic N) is 2. The number of aromatic nitrogens is 1. The van der Waals surface area contributed by atoms with Crippen LogP contribution in [0.5, 0.6) is 0 Å². The van der Waals surface area contributed by atoms with Gasteiger partial charge in [-0.2, -0.15) is 11.8 Å². The van der Waals surface area contributed by atoms with Crippen LogP contribution >= 0.6 is 11.8 Å². The summed E-state index contributed by atoms with van der Waals surface area (Å²) >= 11 is 2.12. The van der Waals surface area contributed by atoms with Crippen molar-refractivity contribution in [1.29, 1.82) is 0 Å². The molecule has 0 aromatic carbocycles. The summed E-state index contributed by atoms with van der Waals surface area (Å²) in [6.45, 7) is 6.58. The second-order valence-corrected chi connectivity index (χ2v) is 6.23. The molecule has 1 atom stereocenters. The maximum Gasteiger partial charge on any atom is 0.0544 e. The number of rotatable bonds is 5. The topological polar surface area (TPSA) is 28.2 Å². The first kappa shape index (κ1) is 13.8. The van der Waals surface area contributed by atoms with Crippen molar-refractivity contribution in [3.63, 3.8) is 0 Å². The molecule has 0 amide bonds. The molecule has 0 saturated carbocycles. The molecule has 1 aromatic rings. The zero-order valence-corrected chi connectivity index (χ0v) is 12.2. The zero-order chi connectivity index (χ0) is 12.8. The van der Waals surface area contributed by atoms with Gasteiger partial charge in [0.05, 0.1) is 5.69 Å². The maximum atomic E-state index is 4.55. The first-order valence-electron chi connectivity index (χ1n) is 6.74. The van der Waals surface area contributed by atoms with E-state index in [2.05, 4.69) is 46.0 Å². The Labute approximate surface area is 114 Å². The fraction of sp³-hybridized carbons (Fsp3) is 0.643. The van der Waals surface area contributed by atoms with Crippen LogP contribution in [0.25, 0.3) is 0 Å². The van der Waals surface area contributed by atoms with Crippen LogP contribution in [0.15, 0.2) is 18.3 Å². The van der Waals surface area contributed by atoms with Crippen molar-refractivity contribution >= 4 is 11.8 Å². The summed E-state index contributed by atoms with van der Waals surface area (Å²) in [6.07, 6.45) is 3.26. The molecule has 0 spiro atoms. The Bertz CT molecular complexity index is 353. The van der Waals surface area contributed by atoms with Crippen LogP contribution < -0.4 is 5.32 Å². The predicted molar refractivity (Wildman–Crippen MR) is 78.8 cm³/mol. The molecular weight excluding hydrogens is 242 g/mol. The minimum absolute atomic E-state index is 0.808. The van der Waals surface area contributed by atoms with Crippen LogP contribution in [0.1, 0.15) is 24.6 Å². The van der Waals surface area contributed by atoms with E-state index in [0.29, 0.717) is 0 Å². The number of thioether (sulfide) groups is 1. The standard InChI is InChI=1S/C14H23N3S/c1-3-14-11-17(6-7-18-14)10-13-5-4-12(8-15-2)9-16-13/h4-5,9,14-15H,3,6-8,10-11H2,1-2H3. The summed E-state index contributed by atoms with van der Waals surface area (Å²) in [5.41, 5.74) is 2.44. The van der Waals surface area contributed by atoms with Gasteiger partial charge in [-0.1, -0.05) is 13.0 Å². The summed E-state index contributed by atoms with van der Waals surface area (Å²) in [6, 6.07) is 4.34. The Kier molecular flexibility index (Phi) is 5.47. The van der Waals surface area contributed by atoms with Crippen molar-refractivity contribution in [2.24, 2.45) is 0 Å². The van der Waals surface area contributed by atoms with E-state index >= 15 is 0 Å². The zero-order valence-electron chi connectivity index (χ0n) is 11.4. The van der Waals surface area contributed by atoms with Gasteiger partial charge in [-0.15, -0.1) is 0 Å². The third-order valence-electron chi connectivity index (χ3n) is 3.33. The van der Waals surface area contributed by atoms with Gasteiger partial charge in [-0.3, -0.25) is 9.88 Å². The van der Waals surface area contributed by atoms with Crippen molar-refractivity contribution in [2.75, 3.05) is 25.9 Å². The Balaban J connectivity index is 1.88. The van der Waals surface area contributed by atoms with E-state index in [4.69, 9.17) is 0 Å². The Morgan fingerprint density at radius 3 is 3.06 bits per heavy atom. The molecule has 18 heavy (non-hydrogen) atoms. The summed E-state index contributed by atoms with van der Waals surface area (Å²) in [7, 11) is 1.96. The van der Waals surface area contributed by atoms with Gasteiger partial charge in [0.1, 0.15) is 0 Å². The largest absolute Gasteiger partial charge is 0.316 e. The molecule has 0 bridgehead atoms. The molecule has 1 N–H and O–H groups in total.